The van der Waals surface area contributed by atoms with Crippen molar-refractivity contribution in [3.63, 3.8) is 0 Å². The molecule has 0 spiro atoms. The SMILES string of the molecule is Cc1ccccc1-c1cc(NC(=O)CC2CC3CCC(C2)N3)n(C)n1.Cl. The van der Waals surface area contributed by atoms with Crippen LogP contribution >= 0.6 is 12.4 Å². The van der Waals surface area contributed by atoms with Gasteiger partial charge in [0.2, 0.25) is 5.91 Å². The Bertz CT molecular complexity index is 776. The van der Waals surface area contributed by atoms with E-state index in [1.54, 1.807) is 4.68 Å². The van der Waals surface area contributed by atoms with Crippen LogP contribution in [0.1, 0.15) is 37.7 Å². The Kier molecular flexibility index (Phi) is 5.68. The maximum Gasteiger partial charge on any atom is 0.225 e. The molecule has 5 nitrogen and oxygen atoms in total. The van der Waals surface area contributed by atoms with Crippen molar-refractivity contribution in [3.05, 3.63) is 35.9 Å². The van der Waals surface area contributed by atoms with Gasteiger partial charge in [-0.05, 0) is 44.1 Å². The van der Waals surface area contributed by atoms with E-state index in [0.29, 0.717) is 24.4 Å². The van der Waals surface area contributed by atoms with E-state index in [9.17, 15) is 4.79 Å². The summed E-state index contributed by atoms with van der Waals surface area (Å²) in [6, 6.07) is 11.4. The summed E-state index contributed by atoms with van der Waals surface area (Å²) < 4.78 is 1.76. The largest absolute Gasteiger partial charge is 0.311 e. The molecule has 2 saturated heterocycles. The summed E-state index contributed by atoms with van der Waals surface area (Å²) >= 11 is 0. The molecule has 1 amide bonds. The summed E-state index contributed by atoms with van der Waals surface area (Å²) in [6.07, 6.45) is 5.40. The van der Waals surface area contributed by atoms with Crippen LogP contribution in [0.4, 0.5) is 5.82 Å². The molecular weight excluding hydrogens is 348 g/mol. The topological polar surface area (TPSA) is 59.0 Å². The van der Waals surface area contributed by atoms with Gasteiger partial charge in [-0.2, -0.15) is 5.10 Å². The third kappa shape index (κ3) is 3.94. The van der Waals surface area contributed by atoms with E-state index >= 15 is 0 Å². The maximum absolute atomic E-state index is 12.5. The molecule has 2 N–H and O–H groups in total. The second-order valence-electron chi connectivity index (χ2n) is 7.58. The Balaban J connectivity index is 0.00000196. The number of carbonyl (C=O) groups excluding carboxylic acids is 1. The van der Waals surface area contributed by atoms with Crippen molar-refractivity contribution in [3.8, 4) is 11.3 Å². The Morgan fingerprint density at radius 3 is 2.65 bits per heavy atom. The maximum atomic E-state index is 12.5. The third-order valence-electron chi connectivity index (χ3n) is 5.61. The molecule has 1 aromatic heterocycles. The van der Waals surface area contributed by atoms with Crippen molar-refractivity contribution in [1.29, 1.82) is 0 Å². The summed E-state index contributed by atoms with van der Waals surface area (Å²) in [4.78, 5) is 12.5. The number of hydrogen-bond donors (Lipinski definition) is 2. The predicted molar refractivity (Wildman–Crippen MR) is 107 cm³/mol. The van der Waals surface area contributed by atoms with Crippen LogP contribution in [0.5, 0.6) is 0 Å². The zero-order valence-corrected chi connectivity index (χ0v) is 16.2. The Hall–Kier alpha value is -1.85. The van der Waals surface area contributed by atoms with Gasteiger partial charge >= 0.3 is 0 Å². The van der Waals surface area contributed by atoms with Gasteiger partial charge in [-0.3, -0.25) is 9.48 Å². The highest BCUT2D eigenvalue weighted by Crippen LogP contribution is 2.33. The number of piperidine rings is 1. The third-order valence-corrected chi connectivity index (χ3v) is 5.61. The lowest BCUT2D eigenvalue weighted by atomic mass is 9.89. The smallest absolute Gasteiger partial charge is 0.225 e. The average molecular weight is 375 g/mol. The normalized spacial score (nSPS) is 24.2. The minimum Gasteiger partial charge on any atom is -0.311 e. The molecule has 2 fully saturated rings. The number of aryl methyl sites for hydroxylation is 2. The molecular formula is C20H27ClN4O. The standard InChI is InChI=1S/C20H26N4O.ClH/c1-13-5-3-4-6-17(13)18-12-19(24(2)23-18)22-20(25)11-14-9-15-7-8-16(10-14)21-15;/h3-6,12,14-16,21H,7-11H2,1-2H3,(H,22,25);1H. The Labute approximate surface area is 161 Å². The van der Waals surface area contributed by atoms with Gasteiger partial charge in [0.1, 0.15) is 5.82 Å². The van der Waals surface area contributed by atoms with Gasteiger partial charge < -0.3 is 10.6 Å². The number of halogens is 1. The number of aromatic nitrogens is 2. The zero-order chi connectivity index (χ0) is 17.4. The van der Waals surface area contributed by atoms with E-state index in [1.165, 1.54) is 18.4 Å². The molecule has 0 radical (unpaired) electrons. The Morgan fingerprint density at radius 1 is 1.27 bits per heavy atom. The quantitative estimate of drug-likeness (QED) is 0.858. The van der Waals surface area contributed by atoms with Gasteiger partial charge in [-0.15, -0.1) is 12.4 Å². The molecule has 26 heavy (non-hydrogen) atoms. The summed E-state index contributed by atoms with van der Waals surface area (Å²) in [7, 11) is 1.88. The van der Waals surface area contributed by atoms with E-state index in [4.69, 9.17) is 0 Å². The van der Waals surface area contributed by atoms with Crippen LogP contribution < -0.4 is 10.6 Å². The molecule has 6 heteroatoms. The average Bonchev–Trinajstić information content (AvgIpc) is 3.10. The molecule has 2 aromatic rings. The van der Waals surface area contributed by atoms with Gasteiger partial charge in [-0.1, -0.05) is 24.3 Å². The molecule has 2 unspecified atom stereocenters. The highest BCUT2D eigenvalue weighted by molar-refractivity contribution is 5.90. The Morgan fingerprint density at radius 2 is 1.96 bits per heavy atom. The molecule has 2 aliphatic rings. The first-order valence-electron chi connectivity index (χ1n) is 9.24. The minimum absolute atomic E-state index is 0. The van der Waals surface area contributed by atoms with Crippen molar-refractivity contribution in [2.75, 3.05) is 5.32 Å². The summed E-state index contributed by atoms with van der Waals surface area (Å²) in [6.45, 7) is 2.08. The second-order valence-corrected chi connectivity index (χ2v) is 7.58. The molecule has 3 heterocycles. The summed E-state index contributed by atoms with van der Waals surface area (Å²) in [5.41, 5.74) is 3.19. The van der Waals surface area contributed by atoms with E-state index in [-0.39, 0.29) is 18.3 Å². The number of amides is 1. The van der Waals surface area contributed by atoms with Crippen LogP contribution in [0.15, 0.2) is 30.3 Å². The number of carbonyl (C=O) groups is 1. The fraction of sp³-hybridized carbons (Fsp3) is 0.500. The second kappa shape index (κ2) is 7.80. The molecule has 0 aliphatic carbocycles. The van der Waals surface area contributed by atoms with E-state index in [0.717, 1.165) is 29.9 Å². The van der Waals surface area contributed by atoms with Crippen LogP contribution in [0, 0.1) is 12.8 Å². The highest BCUT2D eigenvalue weighted by Gasteiger charge is 2.34. The number of fused-ring (bicyclic) bond motifs is 2. The number of anilines is 1. The van der Waals surface area contributed by atoms with Crippen molar-refractivity contribution in [1.82, 2.24) is 15.1 Å². The van der Waals surface area contributed by atoms with Crippen molar-refractivity contribution in [2.24, 2.45) is 13.0 Å². The lowest BCUT2D eigenvalue weighted by Gasteiger charge is -2.28. The van der Waals surface area contributed by atoms with Crippen LogP contribution in [-0.4, -0.2) is 27.8 Å². The van der Waals surface area contributed by atoms with Gasteiger partial charge in [0, 0.05) is 37.2 Å². The monoisotopic (exact) mass is 374 g/mol. The molecule has 4 rings (SSSR count). The fourth-order valence-electron chi connectivity index (χ4n) is 4.37. The molecule has 1 aromatic carbocycles. The molecule has 2 aliphatic heterocycles. The number of hydrogen-bond acceptors (Lipinski definition) is 3. The first-order chi connectivity index (χ1) is 12.1. The predicted octanol–water partition coefficient (Wildman–Crippen LogP) is 3.68. The van der Waals surface area contributed by atoms with Gasteiger partial charge in [0.05, 0.1) is 5.69 Å². The van der Waals surface area contributed by atoms with Crippen LogP contribution in [0.25, 0.3) is 11.3 Å². The minimum atomic E-state index is 0. The summed E-state index contributed by atoms with van der Waals surface area (Å²) in [5, 5.41) is 11.3. The van der Waals surface area contributed by atoms with Crippen molar-refractivity contribution in [2.45, 2.75) is 51.1 Å². The van der Waals surface area contributed by atoms with E-state index in [2.05, 4.69) is 34.8 Å². The molecule has 2 atom stereocenters. The molecule has 0 saturated carbocycles. The number of nitrogens with one attached hydrogen (secondary N) is 2. The van der Waals surface area contributed by atoms with Crippen LogP contribution in [0.2, 0.25) is 0 Å². The first-order valence-corrected chi connectivity index (χ1v) is 9.24. The lowest BCUT2D eigenvalue weighted by molar-refractivity contribution is -0.117. The number of rotatable bonds is 4. The molecule has 2 bridgehead atoms. The zero-order valence-electron chi connectivity index (χ0n) is 15.4. The molecule has 140 valence electrons. The van der Waals surface area contributed by atoms with Gasteiger partial charge in [0.15, 0.2) is 0 Å². The van der Waals surface area contributed by atoms with Crippen molar-refractivity contribution >= 4 is 24.1 Å². The first kappa shape index (κ1) is 18.9. The van der Waals surface area contributed by atoms with Crippen molar-refractivity contribution < 1.29 is 4.79 Å². The number of benzene rings is 1. The summed E-state index contributed by atoms with van der Waals surface area (Å²) in [5.74, 6) is 1.37. The van der Waals surface area contributed by atoms with Gasteiger partial charge in [-0.25, -0.2) is 0 Å². The van der Waals surface area contributed by atoms with E-state index < -0.39 is 0 Å². The van der Waals surface area contributed by atoms with Crippen LogP contribution in [-0.2, 0) is 11.8 Å². The fourth-order valence-corrected chi connectivity index (χ4v) is 4.37. The lowest BCUT2D eigenvalue weighted by Crippen LogP contribution is -2.39. The van der Waals surface area contributed by atoms with E-state index in [1.807, 2.05) is 25.2 Å². The van der Waals surface area contributed by atoms with Crippen LogP contribution in [0.3, 0.4) is 0 Å². The van der Waals surface area contributed by atoms with Gasteiger partial charge in [0.25, 0.3) is 0 Å². The highest BCUT2D eigenvalue weighted by atomic mass is 35.5. The number of nitrogens with zero attached hydrogens (tertiary/aromatic N) is 2.